The minimum Gasteiger partial charge on any atom is -0.369 e. The summed E-state index contributed by atoms with van der Waals surface area (Å²) in [6, 6.07) is 10.1. The van der Waals surface area contributed by atoms with Crippen LogP contribution in [0.25, 0.3) is 16.3 Å². The number of thiophene rings is 1. The Balaban J connectivity index is 1.93. The highest BCUT2D eigenvalue weighted by atomic mass is 79.9. The Kier molecular flexibility index (Phi) is 3.51. The molecule has 4 rings (SSSR count). The molecule has 0 unspecified atom stereocenters. The van der Waals surface area contributed by atoms with Gasteiger partial charge < -0.3 is 5.32 Å². The molecule has 1 N–H and O–H groups in total. The number of hydrogen-bond acceptors (Lipinski definition) is 3. The standard InChI is InChI=1S/C16H13BrClN3S/c1-9-11(18)3-2-4-12(9)21-16-10(7-8-19-16)15(20-21)13-5-6-14(17)22-13/h2-6,19H,7-8H2,1H3. The summed E-state index contributed by atoms with van der Waals surface area (Å²) in [6.45, 7) is 2.98. The van der Waals surface area contributed by atoms with Crippen LogP contribution in [0.3, 0.4) is 0 Å². The molecule has 0 aliphatic carbocycles. The van der Waals surface area contributed by atoms with Crippen LogP contribution >= 0.6 is 38.9 Å². The highest BCUT2D eigenvalue weighted by Gasteiger charge is 2.25. The zero-order chi connectivity index (χ0) is 15.3. The molecule has 0 bridgehead atoms. The Bertz CT molecular complexity index is 868. The highest BCUT2D eigenvalue weighted by Crippen LogP contribution is 2.39. The van der Waals surface area contributed by atoms with E-state index < -0.39 is 0 Å². The number of nitrogens with zero attached hydrogens (tertiary/aromatic N) is 2. The molecule has 22 heavy (non-hydrogen) atoms. The molecule has 3 nitrogen and oxygen atoms in total. The molecular weight excluding hydrogens is 382 g/mol. The molecule has 1 aliphatic heterocycles. The first-order chi connectivity index (χ1) is 10.6. The zero-order valence-corrected chi connectivity index (χ0v) is 15.0. The Morgan fingerprint density at radius 2 is 2.18 bits per heavy atom. The molecule has 0 spiro atoms. The van der Waals surface area contributed by atoms with Gasteiger partial charge in [0.15, 0.2) is 0 Å². The van der Waals surface area contributed by atoms with E-state index in [2.05, 4.69) is 39.4 Å². The average Bonchev–Trinajstić information content (AvgIpc) is 3.18. The second-order valence-corrected chi connectivity index (χ2v) is 8.12. The molecule has 0 saturated heterocycles. The van der Waals surface area contributed by atoms with Crippen LogP contribution < -0.4 is 5.32 Å². The summed E-state index contributed by atoms with van der Waals surface area (Å²) in [5.41, 5.74) is 4.42. The van der Waals surface area contributed by atoms with Crippen molar-refractivity contribution < 1.29 is 0 Å². The lowest BCUT2D eigenvalue weighted by atomic mass is 10.2. The van der Waals surface area contributed by atoms with Crippen molar-refractivity contribution in [1.82, 2.24) is 9.78 Å². The smallest absolute Gasteiger partial charge is 0.133 e. The lowest BCUT2D eigenvalue weighted by Crippen LogP contribution is -2.05. The molecular formula is C16H13BrClN3S. The van der Waals surface area contributed by atoms with Crippen molar-refractivity contribution in [3.05, 3.63) is 50.3 Å². The molecule has 3 heterocycles. The van der Waals surface area contributed by atoms with E-state index in [9.17, 15) is 0 Å². The summed E-state index contributed by atoms with van der Waals surface area (Å²) in [5, 5.41) is 9.10. The maximum atomic E-state index is 6.28. The van der Waals surface area contributed by atoms with Gasteiger partial charge in [0.1, 0.15) is 11.5 Å². The average molecular weight is 395 g/mol. The zero-order valence-electron chi connectivity index (χ0n) is 11.9. The fourth-order valence-electron chi connectivity index (χ4n) is 2.81. The minimum atomic E-state index is 0.764. The maximum Gasteiger partial charge on any atom is 0.133 e. The van der Waals surface area contributed by atoms with E-state index in [0.29, 0.717) is 0 Å². The van der Waals surface area contributed by atoms with Gasteiger partial charge in [-0.05, 0) is 59.1 Å². The van der Waals surface area contributed by atoms with Crippen molar-refractivity contribution in [2.45, 2.75) is 13.3 Å². The normalized spacial score (nSPS) is 13.2. The van der Waals surface area contributed by atoms with Crippen molar-refractivity contribution in [1.29, 1.82) is 0 Å². The van der Waals surface area contributed by atoms with E-state index in [1.54, 1.807) is 11.3 Å². The van der Waals surface area contributed by atoms with Crippen molar-refractivity contribution in [2.75, 3.05) is 11.9 Å². The fourth-order valence-corrected chi connectivity index (χ4v) is 4.38. The van der Waals surface area contributed by atoms with Gasteiger partial charge >= 0.3 is 0 Å². The Morgan fingerprint density at radius 3 is 2.95 bits per heavy atom. The molecule has 6 heteroatoms. The third-order valence-electron chi connectivity index (χ3n) is 3.92. The predicted molar refractivity (Wildman–Crippen MR) is 96.5 cm³/mol. The molecule has 1 aromatic carbocycles. The summed E-state index contributed by atoms with van der Waals surface area (Å²) < 4.78 is 3.11. The SMILES string of the molecule is Cc1c(Cl)cccc1-n1nc(-c2ccc(Br)s2)c2c1NCC2. The second-order valence-electron chi connectivity index (χ2n) is 5.25. The van der Waals surface area contributed by atoms with Gasteiger partial charge in [-0.3, -0.25) is 0 Å². The van der Waals surface area contributed by atoms with Crippen LogP contribution in [-0.2, 0) is 6.42 Å². The lowest BCUT2D eigenvalue weighted by Gasteiger charge is -2.10. The summed E-state index contributed by atoms with van der Waals surface area (Å²) >= 11 is 11.5. The van der Waals surface area contributed by atoms with Crippen molar-refractivity contribution in [2.24, 2.45) is 0 Å². The van der Waals surface area contributed by atoms with Gasteiger partial charge in [0.2, 0.25) is 0 Å². The van der Waals surface area contributed by atoms with Gasteiger partial charge in [-0.2, -0.15) is 5.10 Å². The first kappa shape index (κ1) is 14.3. The Labute approximate surface area is 146 Å². The van der Waals surface area contributed by atoms with Gasteiger partial charge in [0, 0.05) is 17.1 Å². The number of halogens is 2. The quantitative estimate of drug-likeness (QED) is 0.640. The summed E-state index contributed by atoms with van der Waals surface area (Å²) in [5.74, 6) is 1.09. The predicted octanol–water partition coefficient (Wildman–Crippen LogP) is 5.29. The van der Waals surface area contributed by atoms with Gasteiger partial charge in [-0.15, -0.1) is 11.3 Å². The number of benzene rings is 1. The van der Waals surface area contributed by atoms with Crippen LogP contribution in [0.1, 0.15) is 11.1 Å². The lowest BCUT2D eigenvalue weighted by molar-refractivity contribution is 0.876. The van der Waals surface area contributed by atoms with Crippen molar-refractivity contribution in [3.8, 4) is 16.3 Å². The summed E-state index contributed by atoms with van der Waals surface area (Å²) in [6.07, 6.45) is 1.000. The van der Waals surface area contributed by atoms with Crippen LogP contribution in [0.2, 0.25) is 5.02 Å². The first-order valence-corrected chi connectivity index (χ1v) is 9.01. The minimum absolute atomic E-state index is 0.764. The monoisotopic (exact) mass is 393 g/mol. The highest BCUT2D eigenvalue weighted by molar-refractivity contribution is 9.11. The molecule has 0 fully saturated rings. The molecule has 112 valence electrons. The van der Waals surface area contributed by atoms with Gasteiger partial charge in [0.25, 0.3) is 0 Å². The second kappa shape index (κ2) is 5.41. The van der Waals surface area contributed by atoms with Crippen LogP contribution in [0.4, 0.5) is 5.82 Å². The first-order valence-electron chi connectivity index (χ1n) is 7.02. The molecule has 0 radical (unpaired) electrons. The fraction of sp³-hybridized carbons (Fsp3) is 0.188. The van der Waals surface area contributed by atoms with Crippen molar-refractivity contribution >= 4 is 44.7 Å². The number of fused-ring (bicyclic) bond motifs is 1. The molecule has 1 aliphatic rings. The van der Waals surface area contributed by atoms with E-state index >= 15 is 0 Å². The van der Waals surface area contributed by atoms with Gasteiger partial charge in [0.05, 0.1) is 14.4 Å². The summed E-state index contributed by atoms with van der Waals surface area (Å²) in [4.78, 5) is 1.19. The molecule has 2 aromatic heterocycles. The molecule has 0 saturated carbocycles. The van der Waals surface area contributed by atoms with Crippen LogP contribution in [-0.4, -0.2) is 16.3 Å². The largest absolute Gasteiger partial charge is 0.369 e. The number of anilines is 1. The number of hydrogen-bond donors (Lipinski definition) is 1. The Morgan fingerprint density at radius 1 is 1.32 bits per heavy atom. The van der Waals surface area contributed by atoms with Crippen LogP contribution in [0.15, 0.2) is 34.1 Å². The molecule has 0 atom stereocenters. The number of rotatable bonds is 2. The van der Waals surface area contributed by atoms with Gasteiger partial charge in [-0.25, -0.2) is 4.68 Å². The molecule has 3 aromatic rings. The van der Waals surface area contributed by atoms with E-state index in [-0.39, 0.29) is 0 Å². The van der Waals surface area contributed by atoms with E-state index in [1.807, 2.05) is 23.7 Å². The van der Waals surface area contributed by atoms with Crippen LogP contribution in [0, 0.1) is 6.92 Å². The summed E-state index contributed by atoms with van der Waals surface area (Å²) in [7, 11) is 0. The van der Waals surface area contributed by atoms with Crippen molar-refractivity contribution in [3.63, 3.8) is 0 Å². The topological polar surface area (TPSA) is 29.9 Å². The van der Waals surface area contributed by atoms with Crippen LogP contribution in [0.5, 0.6) is 0 Å². The van der Waals surface area contributed by atoms with E-state index in [0.717, 1.165) is 44.5 Å². The van der Waals surface area contributed by atoms with E-state index in [4.69, 9.17) is 16.7 Å². The van der Waals surface area contributed by atoms with Gasteiger partial charge in [-0.1, -0.05) is 17.7 Å². The maximum absolute atomic E-state index is 6.28. The number of nitrogens with one attached hydrogen (secondary N) is 1. The molecule has 0 amide bonds. The Hall–Kier alpha value is -1.30. The third-order valence-corrected chi connectivity index (χ3v) is 5.96. The number of aromatic nitrogens is 2. The van der Waals surface area contributed by atoms with E-state index in [1.165, 1.54) is 10.4 Å². The third kappa shape index (κ3) is 2.19.